The van der Waals surface area contributed by atoms with Crippen LogP contribution in [0.15, 0.2) is 30.3 Å². The predicted octanol–water partition coefficient (Wildman–Crippen LogP) is 2.98. The molecule has 0 spiro atoms. The zero-order valence-electron chi connectivity index (χ0n) is 11.5. The molecule has 0 atom stereocenters. The van der Waals surface area contributed by atoms with Crippen molar-refractivity contribution in [3.05, 3.63) is 41.5 Å². The summed E-state index contributed by atoms with van der Waals surface area (Å²) < 4.78 is 11.8. The Bertz CT molecular complexity index is 537. The van der Waals surface area contributed by atoms with E-state index in [1.165, 1.54) is 6.08 Å². The number of benzene rings is 1. The van der Waals surface area contributed by atoms with Gasteiger partial charge in [-0.1, -0.05) is 38.1 Å². The normalized spacial score (nSPS) is 12.8. The van der Waals surface area contributed by atoms with Crippen LogP contribution in [0.4, 0.5) is 0 Å². The summed E-state index contributed by atoms with van der Waals surface area (Å²) in [6.45, 7) is 3.50. The van der Waals surface area contributed by atoms with Gasteiger partial charge in [0.2, 0.25) is 0 Å². The second-order valence-electron chi connectivity index (χ2n) is 4.58. The van der Waals surface area contributed by atoms with E-state index in [-0.39, 0.29) is 0 Å². The Labute approximate surface area is 118 Å². The molecule has 6 heteroatoms. The van der Waals surface area contributed by atoms with E-state index < -0.39 is 18.7 Å². The van der Waals surface area contributed by atoms with Crippen LogP contribution in [0.2, 0.25) is 0 Å². The van der Waals surface area contributed by atoms with Gasteiger partial charge in [0, 0.05) is 6.08 Å². The largest absolute Gasteiger partial charge is 0.478 e. The average molecular weight is 298 g/mol. The summed E-state index contributed by atoms with van der Waals surface area (Å²) >= 11 is 0. The summed E-state index contributed by atoms with van der Waals surface area (Å²) in [5, 5.41) is 7.37. The Morgan fingerprint density at radius 3 is 2.05 bits per heavy atom. The van der Waals surface area contributed by atoms with E-state index in [9.17, 15) is 19.1 Å². The number of hydrogen-bond donors (Lipinski definition) is 3. The Balaban J connectivity index is 3.19. The number of aliphatic carboxylic acids is 1. The fourth-order valence-corrected chi connectivity index (χ4v) is 3.62. The van der Waals surface area contributed by atoms with Crippen molar-refractivity contribution in [2.45, 2.75) is 31.8 Å². The van der Waals surface area contributed by atoms with E-state index in [0.29, 0.717) is 24.0 Å². The number of hydrogen-bond acceptors (Lipinski definition) is 2. The minimum Gasteiger partial charge on any atom is -0.478 e. The molecule has 0 heterocycles. The zero-order valence-corrected chi connectivity index (χ0v) is 12.4. The fourth-order valence-electron chi connectivity index (χ4n) is 2.31. The van der Waals surface area contributed by atoms with Crippen molar-refractivity contribution in [3.8, 4) is 0 Å². The molecule has 3 N–H and O–H groups in total. The van der Waals surface area contributed by atoms with Gasteiger partial charge in [0.25, 0.3) is 0 Å². The molecule has 20 heavy (non-hydrogen) atoms. The monoisotopic (exact) mass is 298 g/mol. The highest BCUT2D eigenvalue weighted by molar-refractivity contribution is 7.53. The van der Waals surface area contributed by atoms with Gasteiger partial charge in [-0.05, 0) is 30.0 Å². The van der Waals surface area contributed by atoms with Crippen molar-refractivity contribution < 1.29 is 24.3 Å². The van der Waals surface area contributed by atoms with Gasteiger partial charge in [-0.15, -0.1) is 0 Å². The first kappa shape index (κ1) is 16.6. The number of carbonyl (C=O) groups is 1. The summed E-state index contributed by atoms with van der Waals surface area (Å²) in [4.78, 5) is 29.7. The van der Waals surface area contributed by atoms with Crippen LogP contribution in [0.3, 0.4) is 0 Å². The maximum Gasteiger partial charge on any atom is 0.335 e. The SMILES string of the molecule is CCC(CC)(c1ccc(/C=C/C(=O)O)cc1)P(=O)(O)O. The summed E-state index contributed by atoms with van der Waals surface area (Å²) in [5.74, 6) is -1.04. The van der Waals surface area contributed by atoms with Crippen LogP contribution in [0.1, 0.15) is 37.8 Å². The first-order valence-corrected chi connectivity index (χ1v) is 7.95. The third-order valence-corrected chi connectivity index (χ3v) is 5.60. The Morgan fingerprint density at radius 1 is 1.20 bits per heavy atom. The molecule has 0 fully saturated rings. The highest BCUT2D eigenvalue weighted by Crippen LogP contribution is 2.60. The minimum absolute atomic E-state index is 0.331. The first-order chi connectivity index (χ1) is 9.26. The second-order valence-corrected chi connectivity index (χ2v) is 6.52. The number of carboxylic acid groups (broad SMARTS) is 1. The van der Waals surface area contributed by atoms with E-state index in [0.717, 1.165) is 6.08 Å². The molecule has 0 radical (unpaired) electrons. The van der Waals surface area contributed by atoms with Gasteiger partial charge in [0.1, 0.15) is 0 Å². The van der Waals surface area contributed by atoms with Crippen LogP contribution >= 0.6 is 7.60 Å². The van der Waals surface area contributed by atoms with Crippen LogP contribution in [0.5, 0.6) is 0 Å². The summed E-state index contributed by atoms with van der Waals surface area (Å²) in [6, 6.07) is 6.61. The van der Waals surface area contributed by atoms with Gasteiger partial charge in [-0.2, -0.15) is 0 Å². The molecule has 0 aromatic heterocycles. The van der Waals surface area contributed by atoms with E-state index in [2.05, 4.69) is 0 Å². The fraction of sp³-hybridized carbons (Fsp3) is 0.357. The lowest BCUT2D eigenvalue weighted by molar-refractivity contribution is -0.131. The number of carboxylic acids is 1. The van der Waals surface area contributed by atoms with Crippen LogP contribution < -0.4 is 0 Å². The van der Waals surface area contributed by atoms with Crippen molar-refractivity contribution in [2.24, 2.45) is 0 Å². The maximum absolute atomic E-state index is 11.8. The molecule has 1 rings (SSSR count). The third-order valence-electron chi connectivity index (χ3n) is 3.59. The molecular formula is C14H19O5P. The van der Waals surface area contributed by atoms with Crippen molar-refractivity contribution >= 4 is 19.6 Å². The van der Waals surface area contributed by atoms with Crippen molar-refractivity contribution in [1.82, 2.24) is 0 Å². The van der Waals surface area contributed by atoms with E-state index in [1.54, 1.807) is 38.1 Å². The molecule has 0 amide bonds. The Hall–Kier alpha value is -1.42. The Morgan fingerprint density at radius 2 is 1.70 bits per heavy atom. The van der Waals surface area contributed by atoms with Gasteiger partial charge in [0.15, 0.2) is 0 Å². The molecule has 0 aliphatic carbocycles. The van der Waals surface area contributed by atoms with Crippen LogP contribution in [-0.2, 0) is 14.5 Å². The van der Waals surface area contributed by atoms with Crippen LogP contribution in [-0.4, -0.2) is 20.9 Å². The summed E-state index contributed by atoms with van der Waals surface area (Å²) in [7, 11) is -4.29. The molecule has 0 unspecified atom stereocenters. The molecule has 1 aromatic carbocycles. The quantitative estimate of drug-likeness (QED) is 0.554. The smallest absolute Gasteiger partial charge is 0.335 e. The molecule has 0 aliphatic rings. The lowest BCUT2D eigenvalue weighted by Gasteiger charge is -2.32. The molecule has 0 aliphatic heterocycles. The zero-order chi connectivity index (χ0) is 15.4. The van der Waals surface area contributed by atoms with Gasteiger partial charge in [-0.3, -0.25) is 4.57 Å². The molecule has 110 valence electrons. The van der Waals surface area contributed by atoms with Gasteiger partial charge in [-0.25, -0.2) is 4.79 Å². The standard InChI is InChI=1S/C14H19O5P/c1-3-14(4-2,20(17,18)19)12-8-5-11(6-9-12)7-10-13(15)16/h5-10H,3-4H2,1-2H3,(H,15,16)(H2,17,18,19)/b10-7+. The minimum atomic E-state index is -4.29. The van der Waals surface area contributed by atoms with Crippen LogP contribution in [0.25, 0.3) is 6.08 Å². The summed E-state index contributed by atoms with van der Waals surface area (Å²) in [6.07, 6.45) is 3.12. The Kier molecular flexibility index (Phi) is 5.28. The summed E-state index contributed by atoms with van der Waals surface area (Å²) in [5.41, 5.74) is 1.24. The topological polar surface area (TPSA) is 94.8 Å². The lowest BCUT2D eigenvalue weighted by Crippen LogP contribution is -2.24. The molecular weight excluding hydrogens is 279 g/mol. The highest BCUT2D eigenvalue weighted by Gasteiger charge is 2.45. The van der Waals surface area contributed by atoms with Gasteiger partial charge < -0.3 is 14.9 Å². The van der Waals surface area contributed by atoms with Crippen LogP contribution in [0, 0.1) is 0 Å². The van der Waals surface area contributed by atoms with Crippen molar-refractivity contribution in [3.63, 3.8) is 0 Å². The van der Waals surface area contributed by atoms with Gasteiger partial charge >= 0.3 is 13.6 Å². The number of rotatable bonds is 6. The van der Waals surface area contributed by atoms with Crippen molar-refractivity contribution in [2.75, 3.05) is 0 Å². The molecule has 1 aromatic rings. The average Bonchev–Trinajstić information content (AvgIpc) is 2.38. The maximum atomic E-state index is 11.8. The van der Waals surface area contributed by atoms with E-state index in [4.69, 9.17) is 5.11 Å². The lowest BCUT2D eigenvalue weighted by atomic mass is 9.92. The second kappa shape index (κ2) is 6.35. The van der Waals surface area contributed by atoms with Gasteiger partial charge in [0.05, 0.1) is 5.16 Å². The molecule has 5 nitrogen and oxygen atoms in total. The van der Waals surface area contributed by atoms with Crippen molar-refractivity contribution in [1.29, 1.82) is 0 Å². The third kappa shape index (κ3) is 3.37. The highest BCUT2D eigenvalue weighted by atomic mass is 31.2. The molecule has 0 saturated heterocycles. The van der Waals surface area contributed by atoms with E-state index >= 15 is 0 Å². The predicted molar refractivity (Wildman–Crippen MR) is 77.4 cm³/mol. The molecule has 0 bridgehead atoms. The molecule has 0 saturated carbocycles. The van der Waals surface area contributed by atoms with E-state index in [1.807, 2.05) is 0 Å². The first-order valence-electron chi connectivity index (χ1n) is 6.34.